The minimum atomic E-state index is -1.20. The van der Waals surface area contributed by atoms with Crippen LogP contribution in [0.3, 0.4) is 0 Å². The highest BCUT2D eigenvalue weighted by molar-refractivity contribution is 5.87. The zero-order valence-electron chi connectivity index (χ0n) is 19.0. The highest BCUT2D eigenvalue weighted by Gasteiger charge is 2.57. The van der Waals surface area contributed by atoms with Crippen molar-refractivity contribution in [3.8, 4) is 22.8 Å². The molecule has 1 fully saturated rings. The second kappa shape index (κ2) is 9.06. The van der Waals surface area contributed by atoms with Crippen LogP contribution < -0.4 is 4.74 Å². The van der Waals surface area contributed by atoms with E-state index in [1.165, 1.54) is 0 Å². The molecule has 1 aliphatic carbocycles. The van der Waals surface area contributed by atoms with E-state index < -0.39 is 11.4 Å². The third-order valence-electron chi connectivity index (χ3n) is 6.36. The first kappa shape index (κ1) is 22.3. The summed E-state index contributed by atoms with van der Waals surface area (Å²) in [7, 11) is 0. The van der Waals surface area contributed by atoms with Crippen LogP contribution in [0.2, 0.25) is 0 Å². The molecule has 1 heterocycles. The Morgan fingerprint density at radius 2 is 1.66 bits per heavy atom. The van der Waals surface area contributed by atoms with Crippen LogP contribution in [0.1, 0.15) is 40.9 Å². The van der Waals surface area contributed by atoms with Crippen molar-refractivity contribution in [2.45, 2.75) is 25.9 Å². The van der Waals surface area contributed by atoms with Gasteiger partial charge in [-0.1, -0.05) is 77.0 Å². The standard InChI is InChI=1S/C27H23N3O5/c1-27(26(33)34-16-17-5-3-2-4-6-17)15-22(27)20-9-7-18(8-10-20)19-11-13-21(14-12-19)35-24-23(25(31)32)28-30-29-24/h2-14,22H,15-16H2,1H3,(H,31,32)(H,28,29,30). The lowest BCUT2D eigenvalue weighted by Gasteiger charge is -2.12. The Morgan fingerprint density at radius 3 is 2.31 bits per heavy atom. The molecule has 2 unspecified atom stereocenters. The molecule has 0 bridgehead atoms. The van der Waals surface area contributed by atoms with Gasteiger partial charge in [0.25, 0.3) is 5.88 Å². The topological polar surface area (TPSA) is 114 Å². The van der Waals surface area contributed by atoms with E-state index in [1.807, 2.05) is 61.5 Å². The summed E-state index contributed by atoms with van der Waals surface area (Å²) in [6.45, 7) is 2.25. The Hall–Kier alpha value is -4.46. The van der Waals surface area contributed by atoms with Gasteiger partial charge in [-0.15, -0.1) is 0 Å². The number of carboxylic acids is 1. The third kappa shape index (κ3) is 4.63. The monoisotopic (exact) mass is 469 g/mol. The number of H-pyrrole nitrogens is 1. The van der Waals surface area contributed by atoms with Crippen molar-refractivity contribution in [3.63, 3.8) is 0 Å². The molecule has 35 heavy (non-hydrogen) atoms. The second-order valence-corrected chi connectivity index (χ2v) is 8.78. The maximum absolute atomic E-state index is 12.7. The lowest BCUT2D eigenvalue weighted by molar-refractivity contribution is -0.151. The maximum atomic E-state index is 12.7. The maximum Gasteiger partial charge on any atom is 0.359 e. The summed E-state index contributed by atoms with van der Waals surface area (Å²) in [5.74, 6) is -0.863. The van der Waals surface area contributed by atoms with Crippen LogP contribution in [0.15, 0.2) is 78.9 Å². The van der Waals surface area contributed by atoms with Crippen molar-refractivity contribution < 1.29 is 24.2 Å². The number of aromatic carboxylic acids is 1. The minimum absolute atomic E-state index is 0.0932. The lowest BCUT2D eigenvalue weighted by Crippen LogP contribution is -2.17. The molecule has 1 saturated carbocycles. The number of benzene rings is 3. The molecular formula is C27H23N3O5. The number of carboxylic acid groups (broad SMARTS) is 1. The molecule has 1 aliphatic rings. The number of aromatic nitrogens is 3. The largest absolute Gasteiger partial charge is 0.476 e. The molecule has 2 N–H and O–H groups in total. The lowest BCUT2D eigenvalue weighted by atomic mass is 9.98. The summed E-state index contributed by atoms with van der Waals surface area (Å²) in [5, 5.41) is 18.5. The van der Waals surface area contributed by atoms with Crippen molar-refractivity contribution in [1.29, 1.82) is 0 Å². The van der Waals surface area contributed by atoms with Gasteiger partial charge in [-0.3, -0.25) is 4.79 Å². The smallest absolute Gasteiger partial charge is 0.359 e. The summed E-state index contributed by atoms with van der Waals surface area (Å²) >= 11 is 0. The molecule has 3 aromatic carbocycles. The van der Waals surface area contributed by atoms with Crippen molar-refractivity contribution in [2.24, 2.45) is 5.41 Å². The van der Waals surface area contributed by atoms with Crippen molar-refractivity contribution >= 4 is 11.9 Å². The molecule has 0 amide bonds. The number of hydrogen-bond acceptors (Lipinski definition) is 6. The molecule has 0 saturated heterocycles. The molecular weight excluding hydrogens is 446 g/mol. The molecule has 2 atom stereocenters. The minimum Gasteiger partial charge on any atom is -0.476 e. The van der Waals surface area contributed by atoms with Gasteiger partial charge in [-0.2, -0.15) is 0 Å². The van der Waals surface area contributed by atoms with E-state index in [1.54, 1.807) is 12.1 Å². The van der Waals surface area contributed by atoms with Crippen LogP contribution in [0.4, 0.5) is 0 Å². The number of hydrogen-bond donors (Lipinski definition) is 2. The average molecular weight is 469 g/mol. The van der Waals surface area contributed by atoms with Crippen LogP contribution in [0.5, 0.6) is 11.6 Å². The number of carbonyl (C=O) groups is 2. The molecule has 0 aliphatic heterocycles. The summed E-state index contributed by atoms with van der Waals surface area (Å²) in [6.07, 6.45) is 0.770. The fourth-order valence-corrected chi connectivity index (χ4v) is 4.13. The first-order valence-corrected chi connectivity index (χ1v) is 11.2. The number of rotatable bonds is 8. The molecule has 1 aromatic heterocycles. The third-order valence-corrected chi connectivity index (χ3v) is 6.36. The van der Waals surface area contributed by atoms with Crippen LogP contribution in [-0.2, 0) is 16.1 Å². The summed E-state index contributed by atoms with van der Waals surface area (Å²) in [5.41, 5.74) is 3.38. The van der Waals surface area contributed by atoms with Gasteiger partial charge in [0.15, 0.2) is 0 Å². The fraction of sp³-hybridized carbons (Fsp3) is 0.185. The van der Waals surface area contributed by atoms with E-state index in [9.17, 15) is 9.59 Å². The molecule has 4 aromatic rings. The second-order valence-electron chi connectivity index (χ2n) is 8.78. The van der Waals surface area contributed by atoms with Crippen molar-refractivity contribution in [3.05, 3.63) is 95.7 Å². The highest BCUT2D eigenvalue weighted by atomic mass is 16.5. The van der Waals surface area contributed by atoms with Gasteiger partial charge in [0.2, 0.25) is 5.69 Å². The van der Waals surface area contributed by atoms with E-state index in [0.717, 1.165) is 28.7 Å². The molecule has 8 nitrogen and oxygen atoms in total. The normalized spacial score (nSPS) is 18.6. The van der Waals surface area contributed by atoms with Crippen LogP contribution in [0, 0.1) is 5.41 Å². The zero-order valence-corrected chi connectivity index (χ0v) is 19.0. The van der Waals surface area contributed by atoms with E-state index in [2.05, 4.69) is 27.5 Å². The number of esters is 1. The van der Waals surface area contributed by atoms with Crippen molar-refractivity contribution in [1.82, 2.24) is 15.4 Å². The first-order valence-electron chi connectivity index (χ1n) is 11.2. The predicted molar refractivity (Wildman–Crippen MR) is 127 cm³/mol. The zero-order chi connectivity index (χ0) is 24.4. The Labute approximate surface area is 201 Å². The summed E-state index contributed by atoms with van der Waals surface area (Å²) in [6, 6.07) is 25.1. The van der Waals surface area contributed by atoms with Gasteiger partial charge in [-0.05, 0) is 47.7 Å². The summed E-state index contributed by atoms with van der Waals surface area (Å²) < 4.78 is 11.1. The van der Waals surface area contributed by atoms with E-state index in [4.69, 9.17) is 14.6 Å². The number of aromatic amines is 1. The van der Waals surface area contributed by atoms with E-state index in [-0.39, 0.29) is 30.1 Å². The van der Waals surface area contributed by atoms with Gasteiger partial charge in [-0.25, -0.2) is 9.89 Å². The van der Waals surface area contributed by atoms with Gasteiger partial charge in [0, 0.05) is 5.92 Å². The molecule has 8 heteroatoms. The van der Waals surface area contributed by atoms with Crippen LogP contribution >= 0.6 is 0 Å². The van der Waals surface area contributed by atoms with Gasteiger partial charge in [0.05, 0.1) is 5.41 Å². The van der Waals surface area contributed by atoms with E-state index >= 15 is 0 Å². The Bertz CT molecular complexity index is 1350. The van der Waals surface area contributed by atoms with E-state index in [0.29, 0.717) is 5.75 Å². The van der Waals surface area contributed by atoms with Crippen LogP contribution in [0.25, 0.3) is 11.1 Å². The van der Waals surface area contributed by atoms with Crippen molar-refractivity contribution in [2.75, 3.05) is 0 Å². The number of carbonyl (C=O) groups excluding carboxylic acids is 1. The predicted octanol–water partition coefficient (Wildman–Crippen LogP) is 5.20. The Balaban J connectivity index is 1.21. The number of ether oxygens (including phenoxy) is 2. The number of nitrogens with zero attached hydrogens (tertiary/aromatic N) is 2. The Morgan fingerprint density at radius 1 is 1.00 bits per heavy atom. The first-order chi connectivity index (χ1) is 16.9. The number of nitrogens with one attached hydrogen (secondary N) is 1. The average Bonchev–Trinajstić information content (AvgIpc) is 3.36. The quantitative estimate of drug-likeness (QED) is 0.341. The molecule has 0 radical (unpaired) electrons. The molecule has 176 valence electrons. The Kier molecular flexibility index (Phi) is 5.78. The SMILES string of the molecule is CC1(C(=O)OCc2ccccc2)CC1c1ccc(-c2ccc(Oc3nn[nH]c3C(=O)O)cc2)cc1. The molecule has 5 rings (SSSR count). The van der Waals surface area contributed by atoms with Gasteiger partial charge >= 0.3 is 11.9 Å². The van der Waals surface area contributed by atoms with Gasteiger partial charge in [0.1, 0.15) is 12.4 Å². The van der Waals surface area contributed by atoms with Gasteiger partial charge < -0.3 is 14.6 Å². The highest BCUT2D eigenvalue weighted by Crippen LogP contribution is 2.59. The summed E-state index contributed by atoms with van der Waals surface area (Å²) in [4.78, 5) is 23.8. The molecule has 0 spiro atoms. The van der Waals surface area contributed by atoms with Crippen LogP contribution in [-0.4, -0.2) is 32.5 Å². The fourth-order valence-electron chi connectivity index (χ4n) is 4.13.